The molecule has 6 heteroatoms. The average molecular weight is 408 g/mol. The van der Waals surface area contributed by atoms with Crippen LogP contribution in [0.5, 0.6) is 0 Å². The van der Waals surface area contributed by atoms with Gasteiger partial charge in [0.05, 0.1) is 11.3 Å². The molecule has 0 unspecified atom stereocenters. The van der Waals surface area contributed by atoms with Crippen molar-refractivity contribution in [2.75, 3.05) is 11.1 Å². The van der Waals surface area contributed by atoms with E-state index in [0.717, 1.165) is 22.5 Å². The summed E-state index contributed by atoms with van der Waals surface area (Å²) >= 11 is 7.34. The lowest BCUT2D eigenvalue weighted by atomic mass is 10.1. The van der Waals surface area contributed by atoms with Gasteiger partial charge in [-0.05, 0) is 42.8 Å². The quantitative estimate of drug-likeness (QED) is 0.532. The molecule has 3 rings (SSSR count). The van der Waals surface area contributed by atoms with E-state index in [0.29, 0.717) is 27.8 Å². The van der Waals surface area contributed by atoms with Gasteiger partial charge in [-0.1, -0.05) is 41.9 Å². The molecule has 4 nitrogen and oxygen atoms in total. The molecule has 140 valence electrons. The van der Waals surface area contributed by atoms with E-state index in [2.05, 4.69) is 16.4 Å². The summed E-state index contributed by atoms with van der Waals surface area (Å²) in [6.45, 7) is 1.95. The van der Waals surface area contributed by atoms with Crippen LogP contribution in [0.15, 0.2) is 65.7 Å². The SMILES string of the molecule is Cc1ccccc1NC(=O)CCSc1nc(-c2ccc(Cl)cc2)ccc1C#N. The van der Waals surface area contributed by atoms with Crippen LogP contribution in [0.4, 0.5) is 5.69 Å². The second kappa shape index (κ2) is 9.41. The van der Waals surface area contributed by atoms with Crippen LogP contribution >= 0.6 is 23.4 Å². The van der Waals surface area contributed by atoms with E-state index < -0.39 is 0 Å². The lowest BCUT2D eigenvalue weighted by Crippen LogP contribution is -2.13. The highest BCUT2D eigenvalue weighted by molar-refractivity contribution is 7.99. The molecule has 3 aromatic rings. The Hall–Kier alpha value is -2.81. The number of hydrogen-bond donors (Lipinski definition) is 1. The Labute approximate surface area is 173 Å². The molecule has 1 N–H and O–H groups in total. The molecule has 0 fully saturated rings. The fraction of sp³-hybridized carbons (Fsp3) is 0.136. The number of nitrogens with one attached hydrogen (secondary N) is 1. The van der Waals surface area contributed by atoms with Crippen molar-refractivity contribution in [3.8, 4) is 17.3 Å². The van der Waals surface area contributed by atoms with E-state index in [-0.39, 0.29) is 5.91 Å². The number of nitrogens with zero attached hydrogens (tertiary/aromatic N) is 2. The van der Waals surface area contributed by atoms with Crippen molar-refractivity contribution in [2.45, 2.75) is 18.4 Å². The third-order valence-corrected chi connectivity index (χ3v) is 5.35. The molecule has 0 bridgehead atoms. The second-order valence-electron chi connectivity index (χ2n) is 6.13. The summed E-state index contributed by atoms with van der Waals surface area (Å²) in [6.07, 6.45) is 0.330. The van der Waals surface area contributed by atoms with Gasteiger partial charge in [0.1, 0.15) is 11.1 Å². The zero-order valence-electron chi connectivity index (χ0n) is 15.3. The normalized spacial score (nSPS) is 10.3. The van der Waals surface area contributed by atoms with E-state index in [4.69, 9.17) is 11.6 Å². The number of carbonyl (C=O) groups excluding carboxylic acids is 1. The molecular formula is C22H18ClN3OS. The lowest BCUT2D eigenvalue weighted by molar-refractivity contribution is -0.115. The van der Waals surface area contributed by atoms with Gasteiger partial charge in [-0.2, -0.15) is 5.26 Å². The Balaban J connectivity index is 1.65. The molecule has 0 aliphatic heterocycles. The zero-order valence-corrected chi connectivity index (χ0v) is 16.8. The van der Waals surface area contributed by atoms with E-state index >= 15 is 0 Å². The number of pyridine rings is 1. The number of halogens is 1. The molecule has 1 aromatic heterocycles. The average Bonchev–Trinajstić information content (AvgIpc) is 2.70. The van der Waals surface area contributed by atoms with Crippen LogP contribution < -0.4 is 5.32 Å². The number of para-hydroxylation sites is 1. The van der Waals surface area contributed by atoms with Crippen LogP contribution in [0.3, 0.4) is 0 Å². The topological polar surface area (TPSA) is 65.8 Å². The highest BCUT2D eigenvalue weighted by Gasteiger charge is 2.10. The monoisotopic (exact) mass is 407 g/mol. The summed E-state index contributed by atoms with van der Waals surface area (Å²) in [4.78, 5) is 16.8. The minimum atomic E-state index is -0.0610. The van der Waals surface area contributed by atoms with E-state index in [9.17, 15) is 10.1 Å². The molecular weight excluding hydrogens is 390 g/mol. The first kappa shape index (κ1) is 19.9. The van der Waals surface area contributed by atoms with Crippen LogP contribution in [0.1, 0.15) is 17.5 Å². The zero-order chi connectivity index (χ0) is 19.9. The molecule has 1 amide bonds. The number of carbonyl (C=O) groups is 1. The minimum Gasteiger partial charge on any atom is -0.326 e. The summed E-state index contributed by atoms with van der Waals surface area (Å²) in [5, 5.41) is 13.6. The minimum absolute atomic E-state index is 0.0610. The van der Waals surface area contributed by atoms with Crippen molar-refractivity contribution in [1.29, 1.82) is 5.26 Å². The van der Waals surface area contributed by atoms with Crippen molar-refractivity contribution >= 4 is 35.0 Å². The van der Waals surface area contributed by atoms with Crippen LogP contribution in [0, 0.1) is 18.3 Å². The lowest BCUT2D eigenvalue weighted by Gasteiger charge is -2.09. The molecule has 0 saturated carbocycles. The number of hydrogen-bond acceptors (Lipinski definition) is 4. The number of amides is 1. The van der Waals surface area contributed by atoms with Gasteiger partial charge in [0, 0.05) is 28.4 Å². The van der Waals surface area contributed by atoms with Crippen molar-refractivity contribution in [3.63, 3.8) is 0 Å². The number of nitriles is 1. The van der Waals surface area contributed by atoms with Gasteiger partial charge in [-0.25, -0.2) is 4.98 Å². The molecule has 0 atom stereocenters. The molecule has 2 aromatic carbocycles. The highest BCUT2D eigenvalue weighted by atomic mass is 35.5. The number of benzene rings is 2. The van der Waals surface area contributed by atoms with E-state index in [1.807, 2.05) is 49.4 Å². The van der Waals surface area contributed by atoms with Gasteiger partial charge >= 0.3 is 0 Å². The molecule has 0 spiro atoms. The third-order valence-electron chi connectivity index (χ3n) is 4.11. The van der Waals surface area contributed by atoms with Crippen LogP contribution in [0.25, 0.3) is 11.3 Å². The maximum Gasteiger partial charge on any atom is 0.225 e. The molecule has 0 aliphatic carbocycles. The van der Waals surface area contributed by atoms with Crippen molar-refractivity contribution < 1.29 is 4.79 Å². The fourth-order valence-electron chi connectivity index (χ4n) is 2.58. The number of anilines is 1. The van der Waals surface area contributed by atoms with Crippen LogP contribution in [-0.2, 0) is 4.79 Å². The van der Waals surface area contributed by atoms with Crippen LogP contribution in [-0.4, -0.2) is 16.6 Å². The number of thioether (sulfide) groups is 1. The molecule has 0 aliphatic rings. The number of aromatic nitrogens is 1. The summed E-state index contributed by atoms with van der Waals surface area (Å²) in [7, 11) is 0. The van der Waals surface area contributed by atoms with Gasteiger partial charge in [0.2, 0.25) is 5.91 Å². The van der Waals surface area contributed by atoms with Crippen molar-refractivity contribution in [1.82, 2.24) is 4.98 Å². The van der Waals surface area contributed by atoms with Gasteiger partial charge in [-0.15, -0.1) is 11.8 Å². The Kier molecular flexibility index (Phi) is 6.70. The maximum atomic E-state index is 12.2. The predicted octanol–water partition coefficient (Wildman–Crippen LogP) is 5.70. The Morgan fingerprint density at radius 1 is 1.14 bits per heavy atom. The molecule has 0 saturated heterocycles. The second-order valence-corrected chi connectivity index (χ2v) is 7.65. The largest absolute Gasteiger partial charge is 0.326 e. The van der Waals surface area contributed by atoms with Crippen molar-refractivity contribution in [2.24, 2.45) is 0 Å². The molecule has 1 heterocycles. The van der Waals surface area contributed by atoms with E-state index in [1.54, 1.807) is 18.2 Å². The van der Waals surface area contributed by atoms with Crippen molar-refractivity contribution in [3.05, 3.63) is 76.8 Å². The summed E-state index contributed by atoms with van der Waals surface area (Å²) < 4.78 is 0. The fourth-order valence-corrected chi connectivity index (χ4v) is 3.62. The smallest absolute Gasteiger partial charge is 0.225 e. The summed E-state index contributed by atoms with van der Waals surface area (Å²) in [5.41, 5.74) is 4.03. The van der Waals surface area contributed by atoms with Crippen LogP contribution in [0.2, 0.25) is 5.02 Å². The predicted molar refractivity (Wildman–Crippen MR) is 115 cm³/mol. The van der Waals surface area contributed by atoms with Gasteiger partial charge < -0.3 is 5.32 Å². The summed E-state index contributed by atoms with van der Waals surface area (Å²) in [5.74, 6) is 0.470. The third kappa shape index (κ3) is 5.13. The number of rotatable bonds is 6. The Bertz CT molecular complexity index is 1030. The highest BCUT2D eigenvalue weighted by Crippen LogP contribution is 2.26. The number of aryl methyl sites for hydroxylation is 1. The van der Waals surface area contributed by atoms with E-state index in [1.165, 1.54) is 11.8 Å². The first-order valence-electron chi connectivity index (χ1n) is 8.72. The van der Waals surface area contributed by atoms with Gasteiger partial charge in [0.15, 0.2) is 0 Å². The maximum absolute atomic E-state index is 12.2. The first-order valence-corrected chi connectivity index (χ1v) is 10.1. The summed E-state index contributed by atoms with van der Waals surface area (Å²) in [6, 6.07) is 20.8. The van der Waals surface area contributed by atoms with Gasteiger partial charge in [-0.3, -0.25) is 4.79 Å². The first-order chi connectivity index (χ1) is 13.6. The standard InChI is InChI=1S/C22H18ClN3OS/c1-15-4-2-3-5-19(15)25-21(27)12-13-28-22-17(14-24)8-11-20(26-22)16-6-9-18(23)10-7-16/h2-11H,12-13H2,1H3,(H,25,27). The Morgan fingerprint density at radius 2 is 1.89 bits per heavy atom. The molecule has 28 heavy (non-hydrogen) atoms. The van der Waals surface area contributed by atoms with Gasteiger partial charge in [0.25, 0.3) is 0 Å². The Morgan fingerprint density at radius 3 is 2.61 bits per heavy atom. The molecule has 0 radical (unpaired) electrons.